The van der Waals surface area contributed by atoms with Crippen molar-refractivity contribution in [2.75, 3.05) is 0 Å². The van der Waals surface area contributed by atoms with Gasteiger partial charge < -0.3 is 4.98 Å². The van der Waals surface area contributed by atoms with Crippen molar-refractivity contribution in [3.05, 3.63) is 81.2 Å². The Hall–Kier alpha value is -2.03. The molecule has 0 spiro atoms. The number of H-pyrrole nitrogens is 1. The van der Waals surface area contributed by atoms with E-state index in [1.54, 1.807) is 36.7 Å². The second-order valence-electron chi connectivity index (χ2n) is 4.63. The molecule has 1 heterocycles. The second kappa shape index (κ2) is 5.76. The number of rotatable bonds is 2. The number of aromatic amines is 1. The summed E-state index contributed by atoms with van der Waals surface area (Å²) < 4.78 is 0. The van der Waals surface area contributed by atoms with Crippen LogP contribution in [0.4, 0.5) is 0 Å². The van der Waals surface area contributed by atoms with Crippen LogP contribution in [0, 0.1) is 0 Å². The zero-order chi connectivity index (χ0) is 14.8. The van der Waals surface area contributed by atoms with Gasteiger partial charge in [0, 0.05) is 33.6 Å². The minimum absolute atomic E-state index is 0.0432. The number of pyridine rings is 1. The van der Waals surface area contributed by atoms with Gasteiger partial charge in [0.05, 0.1) is 0 Å². The van der Waals surface area contributed by atoms with E-state index in [1.165, 1.54) is 0 Å². The number of aromatic nitrogens is 1. The zero-order valence-corrected chi connectivity index (χ0v) is 12.4. The largest absolute Gasteiger partial charge is 0.366 e. The zero-order valence-electron chi connectivity index (χ0n) is 10.9. The Bertz CT molecular complexity index is 838. The Morgan fingerprint density at radius 2 is 1.43 bits per heavy atom. The van der Waals surface area contributed by atoms with Crippen LogP contribution in [0.1, 0.15) is 0 Å². The second-order valence-corrected chi connectivity index (χ2v) is 5.50. The molecular formula is C17H11Cl2NO. The van der Waals surface area contributed by atoms with Crippen LogP contribution < -0.4 is 5.43 Å². The van der Waals surface area contributed by atoms with Gasteiger partial charge in [0.25, 0.3) is 0 Å². The van der Waals surface area contributed by atoms with E-state index in [-0.39, 0.29) is 5.43 Å². The first kappa shape index (κ1) is 13.9. The summed E-state index contributed by atoms with van der Waals surface area (Å²) in [6.07, 6.45) is 3.38. The van der Waals surface area contributed by atoms with E-state index in [1.807, 2.05) is 24.3 Å². The van der Waals surface area contributed by atoms with Gasteiger partial charge in [0.15, 0.2) is 5.43 Å². The van der Waals surface area contributed by atoms with Crippen molar-refractivity contribution in [3.63, 3.8) is 0 Å². The number of benzene rings is 2. The lowest BCUT2D eigenvalue weighted by Crippen LogP contribution is -2.08. The summed E-state index contributed by atoms with van der Waals surface area (Å²) >= 11 is 11.9. The molecule has 2 nitrogen and oxygen atoms in total. The van der Waals surface area contributed by atoms with Crippen molar-refractivity contribution < 1.29 is 0 Å². The fraction of sp³-hybridized carbons (Fsp3) is 0. The van der Waals surface area contributed by atoms with E-state index in [4.69, 9.17) is 23.2 Å². The van der Waals surface area contributed by atoms with E-state index in [0.29, 0.717) is 21.2 Å². The molecule has 4 heteroatoms. The van der Waals surface area contributed by atoms with Gasteiger partial charge in [-0.05, 0) is 35.4 Å². The van der Waals surface area contributed by atoms with Crippen LogP contribution in [0.2, 0.25) is 10.0 Å². The lowest BCUT2D eigenvalue weighted by Gasteiger charge is -2.05. The van der Waals surface area contributed by atoms with E-state index in [2.05, 4.69) is 4.98 Å². The molecule has 0 fully saturated rings. The maximum Gasteiger partial charge on any atom is 0.197 e. The van der Waals surface area contributed by atoms with Crippen LogP contribution >= 0.6 is 23.2 Å². The lowest BCUT2D eigenvalue weighted by molar-refractivity contribution is 1.30. The van der Waals surface area contributed by atoms with Crippen molar-refractivity contribution in [3.8, 4) is 22.3 Å². The maximum absolute atomic E-state index is 12.7. The molecule has 0 atom stereocenters. The van der Waals surface area contributed by atoms with Gasteiger partial charge in [-0.2, -0.15) is 0 Å². The number of hydrogen-bond acceptors (Lipinski definition) is 1. The number of hydrogen-bond donors (Lipinski definition) is 1. The van der Waals surface area contributed by atoms with Crippen LogP contribution in [0.3, 0.4) is 0 Å². The third-order valence-corrected chi connectivity index (χ3v) is 3.72. The lowest BCUT2D eigenvalue weighted by atomic mass is 10.0. The first-order chi connectivity index (χ1) is 10.1. The van der Waals surface area contributed by atoms with Crippen molar-refractivity contribution >= 4 is 23.2 Å². The summed E-state index contributed by atoms with van der Waals surface area (Å²) in [7, 11) is 0. The molecule has 0 saturated carbocycles. The molecule has 1 aromatic heterocycles. The molecule has 0 amide bonds. The molecule has 0 aliphatic heterocycles. The highest BCUT2D eigenvalue weighted by Crippen LogP contribution is 2.23. The molecular weight excluding hydrogens is 305 g/mol. The van der Waals surface area contributed by atoms with Gasteiger partial charge in [-0.25, -0.2) is 0 Å². The summed E-state index contributed by atoms with van der Waals surface area (Å²) in [4.78, 5) is 15.7. The summed E-state index contributed by atoms with van der Waals surface area (Å²) in [5.74, 6) is 0. The third kappa shape index (κ3) is 2.87. The van der Waals surface area contributed by atoms with Gasteiger partial charge >= 0.3 is 0 Å². The Morgan fingerprint density at radius 3 is 2.10 bits per heavy atom. The molecule has 2 aromatic carbocycles. The Labute approximate surface area is 132 Å². The molecule has 0 bridgehead atoms. The molecule has 21 heavy (non-hydrogen) atoms. The van der Waals surface area contributed by atoms with Crippen LogP contribution in [-0.4, -0.2) is 4.98 Å². The van der Waals surface area contributed by atoms with Crippen molar-refractivity contribution in [1.29, 1.82) is 0 Å². The first-order valence-electron chi connectivity index (χ1n) is 6.38. The van der Waals surface area contributed by atoms with Crippen LogP contribution in [-0.2, 0) is 0 Å². The van der Waals surface area contributed by atoms with E-state index >= 15 is 0 Å². The summed E-state index contributed by atoms with van der Waals surface area (Å²) in [5.41, 5.74) is 2.76. The summed E-state index contributed by atoms with van der Waals surface area (Å²) in [6, 6.07) is 14.4. The van der Waals surface area contributed by atoms with Gasteiger partial charge in [-0.1, -0.05) is 47.5 Å². The van der Waals surface area contributed by atoms with Crippen LogP contribution in [0.15, 0.2) is 65.7 Å². The third-order valence-electron chi connectivity index (χ3n) is 3.24. The fourth-order valence-electron chi connectivity index (χ4n) is 2.20. The molecule has 0 saturated heterocycles. The molecule has 3 aromatic rings. The number of nitrogens with one attached hydrogen (secondary N) is 1. The maximum atomic E-state index is 12.7. The fourth-order valence-corrected chi connectivity index (χ4v) is 2.52. The highest BCUT2D eigenvalue weighted by Gasteiger charge is 2.09. The van der Waals surface area contributed by atoms with Crippen LogP contribution in [0.5, 0.6) is 0 Å². The SMILES string of the molecule is O=c1c(-c2ccc(Cl)cc2)c[nH]cc1-c1cccc(Cl)c1. The highest BCUT2D eigenvalue weighted by atomic mass is 35.5. The van der Waals surface area contributed by atoms with Crippen molar-refractivity contribution in [2.45, 2.75) is 0 Å². The van der Waals surface area contributed by atoms with Gasteiger partial charge in [-0.15, -0.1) is 0 Å². The summed E-state index contributed by atoms with van der Waals surface area (Å²) in [6.45, 7) is 0. The summed E-state index contributed by atoms with van der Waals surface area (Å²) in [5, 5.41) is 1.24. The minimum atomic E-state index is -0.0432. The molecule has 0 radical (unpaired) electrons. The minimum Gasteiger partial charge on any atom is -0.366 e. The molecule has 0 aliphatic rings. The predicted molar refractivity (Wildman–Crippen MR) is 88.0 cm³/mol. The molecule has 0 aliphatic carbocycles. The molecule has 0 unspecified atom stereocenters. The monoisotopic (exact) mass is 315 g/mol. The highest BCUT2D eigenvalue weighted by molar-refractivity contribution is 6.31. The smallest absolute Gasteiger partial charge is 0.197 e. The van der Waals surface area contributed by atoms with E-state index in [0.717, 1.165) is 11.1 Å². The van der Waals surface area contributed by atoms with E-state index in [9.17, 15) is 4.79 Å². The molecule has 104 valence electrons. The van der Waals surface area contributed by atoms with Gasteiger partial charge in [0.2, 0.25) is 0 Å². The predicted octanol–water partition coefficient (Wildman–Crippen LogP) is 5.02. The van der Waals surface area contributed by atoms with Gasteiger partial charge in [0.1, 0.15) is 0 Å². The molecule has 3 rings (SSSR count). The van der Waals surface area contributed by atoms with Crippen LogP contribution in [0.25, 0.3) is 22.3 Å². The topological polar surface area (TPSA) is 32.9 Å². The molecule has 1 N–H and O–H groups in total. The average Bonchev–Trinajstić information content (AvgIpc) is 2.48. The van der Waals surface area contributed by atoms with Crippen molar-refractivity contribution in [1.82, 2.24) is 4.98 Å². The quantitative estimate of drug-likeness (QED) is 0.708. The van der Waals surface area contributed by atoms with Crippen molar-refractivity contribution in [2.24, 2.45) is 0 Å². The Kier molecular flexibility index (Phi) is 3.82. The standard InChI is InChI=1S/C17H11Cl2NO/c18-13-6-4-11(5-7-13)15-9-20-10-16(17(15)21)12-2-1-3-14(19)8-12/h1-10H,(H,20,21). The first-order valence-corrected chi connectivity index (χ1v) is 7.14. The van der Waals surface area contributed by atoms with E-state index < -0.39 is 0 Å². The van der Waals surface area contributed by atoms with Gasteiger partial charge in [-0.3, -0.25) is 4.79 Å². The Balaban J connectivity index is 2.16. The Morgan fingerprint density at radius 1 is 0.762 bits per heavy atom. The number of halogens is 2. The average molecular weight is 316 g/mol. The normalized spacial score (nSPS) is 10.6.